The maximum Gasteiger partial charge on any atom is 0.272 e. The summed E-state index contributed by atoms with van der Waals surface area (Å²) in [5.41, 5.74) is 6.43. The Balaban J connectivity index is 2.85. The van der Waals surface area contributed by atoms with Gasteiger partial charge < -0.3 is 11.1 Å². The van der Waals surface area contributed by atoms with Crippen LogP contribution in [0.2, 0.25) is 0 Å². The van der Waals surface area contributed by atoms with Gasteiger partial charge in [-0.3, -0.25) is 4.79 Å². The topological polar surface area (TPSA) is 80.9 Å². The summed E-state index contributed by atoms with van der Waals surface area (Å²) in [6.45, 7) is 10.9. The fourth-order valence-electron chi connectivity index (χ4n) is 1.39. The molecule has 5 nitrogen and oxygen atoms in total. The molecule has 0 fully saturated rings. The highest BCUT2D eigenvalue weighted by Gasteiger charge is 2.19. The molecule has 106 valence electrons. The van der Waals surface area contributed by atoms with Crippen molar-refractivity contribution in [1.82, 2.24) is 15.3 Å². The number of anilines is 1. The molecular formula is C14H24N4O. The van der Waals surface area contributed by atoms with Crippen LogP contribution in [0.4, 0.5) is 5.69 Å². The molecular weight excluding hydrogens is 240 g/mol. The highest BCUT2D eigenvalue weighted by molar-refractivity contribution is 5.96. The largest absolute Gasteiger partial charge is 0.396 e. The molecule has 0 unspecified atom stereocenters. The van der Waals surface area contributed by atoms with Gasteiger partial charge in [-0.15, -0.1) is 0 Å². The van der Waals surface area contributed by atoms with Crippen LogP contribution in [-0.4, -0.2) is 22.4 Å². The summed E-state index contributed by atoms with van der Waals surface area (Å²) in [5, 5.41) is 2.89. The standard InChI is InChI=1S/C14H24N4O/c1-6-14(4,5)8-17-13(19)11-10(15)7-16-12(18-11)9(2)3/h7,9H,6,8,15H2,1-5H3,(H,17,19). The Morgan fingerprint density at radius 2 is 2.11 bits per heavy atom. The van der Waals surface area contributed by atoms with E-state index in [-0.39, 0.29) is 22.9 Å². The molecule has 0 saturated carbocycles. The second-order valence-corrected chi connectivity index (χ2v) is 5.89. The molecule has 1 rings (SSSR count). The predicted molar refractivity (Wildman–Crippen MR) is 76.9 cm³/mol. The van der Waals surface area contributed by atoms with E-state index in [1.807, 2.05) is 13.8 Å². The number of hydrogen-bond acceptors (Lipinski definition) is 4. The van der Waals surface area contributed by atoms with Gasteiger partial charge in [-0.25, -0.2) is 9.97 Å². The van der Waals surface area contributed by atoms with Crippen molar-refractivity contribution in [2.75, 3.05) is 12.3 Å². The summed E-state index contributed by atoms with van der Waals surface area (Å²) < 4.78 is 0. The van der Waals surface area contributed by atoms with Crippen molar-refractivity contribution in [2.45, 2.75) is 47.0 Å². The first-order valence-electron chi connectivity index (χ1n) is 6.67. The molecule has 19 heavy (non-hydrogen) atoms. The number of carbonyl (C=O) groups is 1. The Morgan fingerprint density at radius 3 is 2.63 bits per heavy atom. The van der Waals surface area contributed by atoms with Crippen molar-refractivity contribution in [3.05, 3.63) is 17.7 Å². The van der Waals surface area contributed by atoms with Gasteiger partial charge in [-0.05, 0) is 11.8 Å². The number of nitrogens with one attached hydrogen (secondary N) is 1. The second-order valence-electron chi connectivity index (χ2n) is 5.89. The van der Waals surface area contributed by atoms with E-state index >= 15 is 0 Å². The lowest BCUT2D eigenvalue weighted by Crippen LogP contribution is -2.34. The van der Waals surface area contributed by atoms with Gasteiger partial charge in [0, 0.05) is 12.5 Å². The molecule has 0 aromatic carbocycles. The van der Waals surface area contributed by atoms with E-state index in [9.17, 15) is 4.79 Å². The molecule has 5 heteroatoms. The number of nitrogens with zero attached hydrogens (tertiary/aromatic N) is 2. The van der Waals surface area contributed by atoms with Gasteiger partial charge >= 0.3 is 0 Å². The lowest BCUT2D eigenvalue weighted by molar-refractivity contribution is 0.0931. The summed E-state index contributed by atoms with van der Waals surface area (Å²) in [6.07, 6.45) is 2.49. The number of rotatable bonds is 5. The van der Waals surface area contributed by atoms with Crippen LogP contribution in [0, 0.1) is 5.41 Å². The van der Waals surface area contributed by atoms with E-state index in [0.29, 0.717) is 18.1 Å². The van der Waals surface area contributed by atoms with E-state index in [2.05, 4.69) is 36.1 Å². The van der Waals surface area contributed by atoms with Crippen LogP contribution in [0.1, 0.15) is 63.3 Å². The first-order valence-corrected chi connectivity index (χ1v) is 6.67. The number of aromatic nitrogens is 2. The molecule has 1 aromatic rings. The first-order chi connectivity index (χ1) is 8.76. The SMILES string of the molecule is CCC(C)(C)CNC(=O)c1nc(C(C)C)ncc1N. The molecule has 0 bridgehead atoms. The minimum absolute atomic E-state index is 0.0678. The fraction of sp³-hybridized carbons (Fsp3) is 0.643. The maximum absolute atomic E-state index is 12.1. The number of nitrogen functional groups attached to an aromatic ring is 1. The third-order valence-electron chi connectivity index (χ3n) is 3.25. The van der Waals surface area contributed by atoms with E-state index in [0.717, 1.165) is 6.42 Å². The maximum atomic E-state index is 12.1. The fourth-order valence-corrected chi connectivity index (χ4v) is 1.39. The molecule has 1 heterocycles. The first kappa shape index (κ1) is 15.4. The van der Waals surface area contributed by atoms with Gasteiger partial charge in [0.2, 0.25) is 0 Å². The molecule has 0 saturated heterocycles. The zero-order valence-electron chi connectivity index (χ0n) is 12.4. The zero-order chi connectivity index (χ0) is 14.6. The van der Waals surface area contributed by atoms with E-state index in [4.69, 9.17) is 5.73 Å². The zero-order valence-corrected chi connectivity index (χ0v) is 12.4. The molecule has 3 N–H and O–H groups in total. The van der Waals surface area contributed by atoms with Crippen LogP contribution in [0.15, 0.2) is 6.20 Å². The van der Waals surface area contributed by atoms with Crippen molar-refractivity contribution < 1.29 is 4.79 Å². The van der Waals surface area contributed by atoms with Crippen LogP contribution in [0.25, 0.3) is 0 Å². The highest BCUT2D eigenvalue weighted by atomic mass is 16.1. The van der Waals surface area contributed by atoms with Gasteiger partial charge in [0.15, 0.2) is 5.69 Å². The van der Waals surface area contributed by atoms with E-state index < -0.39 is 0 Å². The van der Waals surface area contributed by atoms with Crippen molar-refractivity contribution >= 4 is 11.6 Å². The Kier molecular flexibility index (Phi) is 4.86. The van der Waals surface area contributed by atoms with Crippen LogP contribution >= 0.6 is 0 Å². The third-order valence-corrected chi connectivity index (χ3v) is 3.25. The van der Waals surface area contributed by atoms with Crippen LogP contribution < -0.4 is 11.1 Å². The molecule has 0 aliphatic rings. The molecule has 1 aromatic heterocycles. The third kappa shape index (κ3) is 4.19. The van der Waals surface area contributed by atoms with Gasteiger partial charge in [0.05, 0.1) is 11.9 Å². The normalized spacial score (nSPS) is 11.7. The molecule has 0 radical (unpaired) electrons. The summed E-state index contributed by atoms with van der Waals surface area (Å²) in [7, 11) is 0. The predicted octanol–water partition coefficient (Wildman–Crippen LogP) is 2.35. The average molecular weight is 264 g/mol. The molecule has 0 aliphatic carbocycles. The molecule has 0 atom stereocenters. The van der Waals surface area contributed by atoms with Crippen molar-refractivity contribution in [1.29, 1.82) is 0 Å². The number of carbonyl (C=O) groups excluding carboxylic acids is 1. The monoisotopic (exact) mass is 264 g/mol. The average Bonchev–Trinajstić information content (AvgIpc) is 2.36. The summed E-state index contributed by atoms with van der Waals surface area (Å²) >= 11 is 0. The van der Waals surface area contributed by atoms with Crippen molar-refractivity contribution in [2.24, 2.45) is 5.41 Å². The van der Waals surface area contributed by atoms with Gasteiger partial charge in [-0.2, -0.15) is 0 Å². The Labute approximate surface area is 115 Å². The lowest BCUT2D eigenvalue weighted by atomic mass is 9.90. The minimum atomic E-state index is -0.233. The summed E-state index contributed by atoms with van der Waals surface area (Å²) in [4.78, 5) is 20.5. The van der Waals surface area contributed by atoms with Crippen LogP contribution in [0.5, 0.6) is 0 Å². The minimum Gasteiger partial charge on any atom is -0.396 e. The smallest absolute Gasteiger partial charge is 0.272 e. The molecule has 0 aliphatic heterocycles. The number of amides is 1. The molecule has 0 spiro atoms. The number of hydrogen-bond donors (Lipinski definition) is 2. The van der Waals surface area contributed by atoms with Gasteiger partial charge in [0.1, 0.15) is 5.82 Å². The van der Waals surface area contributed by atoms with Crippen molar-refractivity contribution in [3.8, 4) is 0 Å². The lowest BCUT2D eigenvalue weighted by Gasteiger charge is -2.22. The summed E-state index contributed by atoms with van der Waals surface area (Å²) in [5.74, 6) is 0.566. The highest BCUT2D eigenvalue weighted by Crippen LogP contribution is 2.18. The van der Waals surface area contributed by atoms with E-state index in [1.54, 1.807) is 0 Å². The van der Waals surface area contributed by atoms with Gasteiger partial charge in [0.25, 0.3) is 5.91 Å². The van der Waals surface area contributed by atoms with Crippen LogP contribution in [-0.2, 0) is 0 Å². The van der Waals surface area contributed by atoms with Crippen molar-refractivity contribution in [3.63, 3.8) is 0 Å². The Bertz CT molecular complexity index is 455. The van der Waals surface area contributed by atoms with E-state index in [1.165, 1.54) is 6.20 Å². The summed E-state index contributed by atoms with van der Waals surface area (Å²) in [6, 6.07) is 0. The Hall–Kier alpha value is -1.65. The Morgan fingerprint density at radius 1 is 1.47 bits per heavy atom. The second kappa shape index (κ2) is 5.99. The molecule has 1 amide bonds. The quantitative estimate of drug-likeness (QED) is 0.855. The van der Waals surface area contributed by atoms with Crippen LogP contribution in [0.3, 0.4) is 0 Å². The number of nitrogens with two attached hydrogens (primary N) is 1. The van der Waals surface area contributed by atoms with Gasteiger partial charge in [-0.1, -0.05) is 34.6 Å².